The van der Waals surface area contributed by atoms with Crippen molar-refractivity contribution in [3.63, 3.8) is 0 Å². The van der Waals surface area contributed by atoms with E-state index in [1.165, 1.54) is 4.90 Å². The molecule has 0 aromatic heterocycles. The number of nitrogens with one attached hydrogen (secondary N) is 2. The molecule has 3 atom stereocenters. The maximum absolute atomic E-state index is 12.8. The smallest absolute Gasteiger partial charge is 0.245 e. The zero-order valence-corrected chi connectivity index (χ0v) is 18.2. The van der Waals surface area contributed by atoms with Crippen LogP contribution in [0.4, 0.5) is 0 Å². The topological polar surface area (TPSA) is 160 Å². The molecule has 10 heteroatoms. The predicted molar refractivity (Wildman–Crippen MR) is 114 cm³/mol. The molecule has 1 aliphatic rings. The van der Waals surface area contributed by atoms with Crippen LogP contribution in [-0.2, 0) is 19.2 Å². The number of hydrogen-bond acceptors (Lipinski definition) is 5. The molecule has 0 saturated carbocycles. The molecule has 1 saturated heterocycles. The van der Waals surface area contributed by atoms with Crippen molar-refractivity contribution in [3.05, 3.63) is 0 Å². The number of likely N-dealkylation sites (tertiary alicyclic amines) is 1. The van der Waals surface area contributed by atoms with Gasteiger partial charge in [0.05, 0.1) is 6.04 Å². The Labute approximate surface area is 178 Å². The summed E-state index contributed by atoms with van der Waals surface area (Å²) >= 11 is 0. The van der Waals surface area contributed by atoms with Gasteiger partial charge < -0.3 is 31.8 Å². The lowest BCUT2D eigenvalue weighted by Crippen LogP contribution is -2.53. The average molecular weight is 425 g/mol. The van der Waals surface area contributed by atoms with Crippen LogP contribution >= 0.6 is 0 Å². The molecule has 10 nitrogen and oxygen atoms in total. The lowest BCUT2D eigenvalue weighted by molar-refractivity contribution is -0.141. The SMILES string of the molecule is CC(C)CCC(=O)NC(C)C(=O)N1CCC[C@H]1C(=O)N[C@H](C=O)CCCN=C(N)N. The highest BCUT2D eigenvalue weighted by Crippen LogP contribution is 2.19. The standard InChI is InChI=1S/C20H36N6O4/c1-13(2)8-9-17(28)24-14(3)19(30)26-11-5-7-16(26)18(29)25-15(12-27)6-4-10-23-20(21)22/h12-16H,4-11H2,1-3H3,(H,24,28)(H,25,29)(H4,21,22,23)/t14?,15-,16-/m0/s1. The molecule has 1 heterocycles. The van der Waals surface area contributed by atoms with Gasteiger partial charge in [-0.15, -0.1) is 0 Å². The third kappa shape index (κ3) is 8.79. The van der Waals surface area contributed by atoms with Gasteiger partial charge >= 0.3 is 0 Å². The minimum atomic E-state index is -0.709. The van der Waals surface area contributed by atoms with E-state index in [9.17, 15) is 19.2 Å². The van der Waals surface area contributed by atoms with Crippen LogP contribution in [0.5, 0.6) is 0 Å². The lowest BCUT2D eigenvalue weighted by atomic mass is 10.1. The average Bonchev–Trinajstić information content (AvgIpc) is 3.17. The van der Waals surface area contributed by atoms with E-state index < -0.39 is 18.1 Å². The van der Waals surface area contributed by atoms with Crippen LogP contribution < -0.4 is 22.1 Å². The van der Waals surface area contributed by atoms with Gasteiger partial charge in [-0.25, -0.2) is 0 Å². The summed E-state index contributed by atoms with van der Waals surface area (Å²) in [6, 6.07) is -2.02. The molecule has 6 N–H and O–H groups in total. The Balaban J connectivity index is 2.58. The fourth-order valence-electron chi connectivity index (χ4n) is 3.32. The molecule has 1 rings (SSSR count). The molecule has 0 aromatic rings. The Morgan fingerprint density at radius 3 is 2.47 bits per heavy atom. The van der Waals surface area contributed by atoms with Gasteiger partial charge in [0.2, 0.25) is 17.7 Å². The van der Waals surface area contributed by atoms with Gasteiger partial charge in [0.15, 0.2) is 5.96 Å². The maximum Gasteiger partial charge on any atom is 0.245 e. The van der Waals surface area contributed by atoms with Crippen molar-refractivity contribution in [2.24, 2.45) is 22.4 Å². The Morgan fingerprint density at radius 2 is 1.87 bits per heavy atom. The van der Waals surface area contributed by atoms with Crippen molar-refractivity contribution < 1.29 is 19.2 Å². The van der Waals surface area contributed by atoms with E-state index in [0.29, 0.717) is 57.4 Å². The minimum absolute atomic E-state index is 0.0211. The van der Waals surface area contributed by atoms with Crippen molar-refractivity contribution in [3.8, 4) is 0 Å². The van der Waals surface area contributed by atoms with E-state index >= 15 is 0 Å². The summed E-state index contributed by atoms with van der Waals surface area (Å²) in [6.07, 6.45) is 3.92. The van der Waals surface area contributed by atoms with Crippen LogP contribution in [0.3, 0.4) is 0 Å². The van der Waals surface area contributed by atoms with Crippen LogP contribution in [0.2, 0.25) is 0 Å². The van der Waals surface area contributed by atoms with Gasteiger partial charge in [0.25, 0.3) is 0 Å². The third-order valence-electron chi connectivity index (χ3n) is 4.99. The number of hydrogen-bond donors (Lipinski definition) is 4. The molecule has 0 radical (unpaired) electrons. The fraction of sp³-hybridized carbons (Fsp3) is 0.750. The first kappa shape index (κ1) is 25.4. The predicted octanol–water partition coefficient (Wildman–Crippen LogP) is -0.344. The second-order valence-corrected chi connectivity index (χ2v) is 8.11. The summed E-state index contributed by atoms with van der Waals surface area (Å²) in [4.78, 5) is 54.1. The quantitative estimate of drug-likeness (QED) is 0.145. The van der Waals surface area contributed by atoms with Crippen molar-refractivity contribution in [2.75, 3.05) is 13.1 Å². The summed E-state index contributed by atoms with van der Waals surface area (Å²) in [6.45, 7) is 6.50. The highest BCUT2D eigenvalue weighted by atomic mass is 16.2. The van der Waals surface area contributed by atoms with Crippen LogP contribution in [0, 0.1) is 5.92 Å². The molecule has 1 fully saturated rings. The molecule has 0 spiro atoms. The second-order valence-electron chi connectivity index (χ2n) is 8.11. The van der Waals surface area contributed by atoms with Crippen LogP contribution in [0.1, 0.15) is 59.3 Å². The van der Waals surface area contributed by atoms with Crippen LogP contribution in [0.25, 0.3) is 0 Å². The minimum Gasteiger partial charge on any atom is -0.370 e. The van der Waals surface area contributed by atoms with Gasteiger partial charge in [-0.05, 0) is 44.9 Å². The number of aldehydes is 1. The second kappa shape index (κ2) is 12.8. The monoisotopic (exact) mass is 424 g/mol. The molecular formula is C20H36N6O4. The molecule has 1 aliphatic heterocycles. The van der Waals surface area contributed by atoms with E-state index in [1.54, 1.807) is 6.92 Å². The zero-order chi connectivity index (χ0) is 22.7. The molecule has 3 amide bonds. The first-order chi connectivity index (χ1) is 14.1. The Bertz CT molecular complexity index is 633. The van der Waals surface area contributed by atoms with Gasteiger partial charge in [0, 0.05) is 19.5 Å². The molecule has 0 aromatic carbocycles. The molecule has 1 unspecified atom stereocenters. The zero-order valence-electron chi connectivity index (χ0n) is 18.2. The maximum atomic E-state index is 12.8. The van der Waals surface area contributed by atoms with Crippen molar-refractivity contribution >= 4 is 30.0 Å². The highest BCUT2D eigenvalue weighted by Gasteiger charge is 2.36. The van der Waals surface area contributed by atoms with Gasteiger partial charge in [0.1, 0.15) is 18.4 Å². The summed E-state index contributed by atoms with van der Waals surface area (Å²) in [5.74, 6) is -0.448. The Morgan fingerprint density at radius 1 is 1.17 bits per heavy atom. The molecule has 170 valence electrons. The van der Waals surface area contributed by atoms with Crippen molar-refractivity contribution in [1.82, 2.24) is 15.5 Å². The molecule has 30 heavy (non-hydrogen) atoms. The number of aliphatic imine (C=N–C) groups is 1. The third-order valence-corrected chi connectivity index (χ3v) is 4.99. The van der Waals surface area contributed by atoms with Crippen molar-refractivity contribution in [1.29, 1.82) is 0 Å². The number of nitrogens with zero attached hydrogens (tertiary/aromatic N) is 2. The van der Waals surface area contributed by atoms with E-state index in [0.717, 1.165) is 6.42 Å². The first-order valence-electron chi connectivity index (χ1n) is 10.6. The highest BCUT2D eigenvalue weighted by molar-refractivity contribution is 5.93. The van der Waals surface area contributed by atoms with Crippen LogP contribution in [0.15, 0.2) is 4.99 Å². The number of amides is 3. The first-order valence-corrected chi connectivity index (χ1v) is 10.6. The number of guanidine groups is 1. The molecule has 0 aliphatic carbocycles. The lowest BCUT2D eigenvalue weighted by Gasteiger charge is -2.28. The van der Waals surface area contributed by atoms with Crippen LogP contribution in [-0.4, -0.2) is 66.1 Å². The summed E-state index contributed by atoms with van der Waals surface area (Å²) < 4.78 is 0. The Hall–Kier alpha value is -2.65. The number of carbonyl (C=O) groups is 4. The summed E-state index contributed by atoms with van der Waals surface area (Å²) in [5, 5.41) is 5.41. The molecular weight excluding hydrogens is 388 g/mol. The normalized spacial score (nSPS) is 17.9. The largest absolute Gasteiger partial charge is 0.370 e. The van der Waals surface area contributed by atoms with Gasteiger partial charge in [-0.2, -0.15) is 0 Å². The van der Waals surface area contributed by atoms with Gasteiger partial charge in [-0.3, -0.25) is 19.4 Å². The molecule has 0 bridgehead atoms. The number of rotatable bonds is 12. The van der Waals surface area contributed by atoms with E-state index in [4.69, 9.17) is 11.5 Å². The summed E-state index contributed by atoms with van der Waals surface area (Å²) in [5.41, 5.74) is 10.5. The summed E-state index contributed by atoms with van der Waals surface area (Å²) in [7, 11) is 0. The van der Waals surface area contributed by atoms with E-state index in [-0.39, 0.29) is 23.7 Å². The van der Waals surface area contributed by atoms with Crippen molar-refractivity contribution in [2.45, 2.75) is 77.4 Å². The number of carbonyl (C=O) groups excluding carboxylic acids is 4. The fourth-order valence-corrected chi connectivity index (χ4v) is 3.32. The van der Waals surface area contributed by atoms with E-state index in [2.05, 4.69) is 15.6 Å². The van der Waals surface area contributed by atoms with E-state index in [1.807, 2.05) is 13.8 Å². The van der Waals surface area contributed by atoms with Gasteiger partial charge in [-0.1, -0.05) is 13.8 Å². The number of nitrogens with two attached hydrogens (primary N) is 2. The Kier molecular flexibility index (Phi) is 10.8.